The van der Waals surface area contributed by atoms with Crippen molar-refractivity contribution in [3.05, 3.63) is 96.1 Å². The summed E-state index contributed by atoms with van der Waals surface area (Å²) < 4.78 is 0. The molecule has 0 heterocycles. The third-order valence-corrected chi connectivity index (χ3v) is 5.80. The standard InChI is InChI=1S/C27H26N2O2/c1-27(2,25-13-11-21(30)15-23(25)17-3-7-19(28)8-4-17)26-14-12-22(31)16-24(26)18-5-9-20(29)10-6-18/h3-16,30-31H,28-29H2,1-2H3. The zero-order valence-electron chi connectivity index (χ0n) is 17.6. The summed E-state index contributed by atoms with van der Waals surface area (Å²) in [5.41, 5.74) is 18.6. The molecule has 0 unspecified atom stereocenters. The van der Waals surface area contributed by atoms with Crippen LogP contribution in [0.15, 0.2) is 84.9 Å². The zero-order chi connectivity index (χ0) is 22.2. The van der Waals surface area contributed by atoms with Gasteiger partial charge in [-0.1, -0.05) is 50.2 Å². The predicted octanol–water partition coefficient (Wildman–Crippen LogP) is 5.92. The molecule has 0 aliphatic carbocycles. The lowest BCUT2D eigenvalue weighted by Crippen LogP contribution is -2.21. The van der Waals surface area contributed by atoms with Crippen LogP contribution in [0.5, 0.6) is 11.5 Å². The number of aromatic hydroxyl groups is 2. The molecule has 0 saturated heterocycles. The van der Waals surface area contributed by atoms with Gasteiger partial charge in [-0.15, -0.1) is 0 Å². The summed E-state index contributed by atoms with van der Waals surface area (Å²) in [6, 6.07) is 26.2. The Balaban J connectivity index is 1.92. The first kappa shape index (κ1) is 20.4. The predicted molar refractivity (Wildman–Crippen MR) is 128 cm³/mol. The average Bonchev–Trinajstić information content (AvgIpc) is 2.74. The van der Waals surface area contributed by atoms with E-state index in [-0.39, 0.29) is 11.5 Å². The Bertz CT molecular complexity index is 1130. The number of phenols is 2. The van der Waals surface area contributed by atoms with Crippen LogP contribution in [0.1, 0.15) is 25.0 Å². The molecule has 0 radical (unpaired) electrons. The van der Waals surface area contributed by atoms with Gasteiger partial charge in [0.25, 0.3) is 0 Å². The smallest absolute Gasteiger partial charge is 0.116 e. The fraction of sp³-hybridized carbons (Fsp3) is 0.111. The van der Waals surface area contributed by atoms with Crippen molar-refractivity contribution in [2.75, 3.05) is 11.5 Å². The molecule has 0 atom stereocenters. The van der Waals surface area contributed by atoms with E-state index in [0.29, 0.717) is 11.4 Å². The van der Waals surface area contributed by atoms with Crippen molar-refractivity contribution in [1.29, 1.82) is 0 Å². The van der Waals surface area contributed by atoms with Gasteiger partial charge in [-0.3, -0.25) is 0 Å². The second-order valence-electron chi connectivity index (χ2n) is 8.33. The summed E-state index contributed by atoms with van der Waals surface area (Å²) in [6.07, 6.45) is 0. The van der Waals surface area contributed by atoms with Gasteiger partial charge in [-0.25, -0.2) is 0 Å². The minimum atomic E-state index is -0.436. The van der Waals surface area contributed by atoms with Gasteiger partial charge in [0, 0.05) is 16.8 Å². The molecule has 31 heavy (non-hydrogen) atoms. The molecule has 6 N–H and O–H groups in total. The summed E-state index contributed by atoms with van der Waals surface area (Å²) >= 11 is 0. The van der Waals surface area contributed by atoms with Crippen LogP contribution in [-0.4, -0.2) is 10.2 Å². The molecule has 4 aromatic carbocycles. The number of hydrogen-bond acceptors (Lipinski definition) is 4. The molecular weight excluding hydrogens is 384 g/mol. The maximum Gasteiger partial charge on any atom is 0.116 e. The highest BCUT2D eigenvalue weighted by atomic mass is 16.3. The number of rotatable bonds is 4. The van der Waals surface area contributed by atoms with Gasteiger partial charge in [0.1, 0.15) is 11.5 Å². The van der Waals surface area contributed by atoms with Gasteiger partial charge in [0.05, 0.1) is 0 Å². The van der Waals surface area contributed by atoms with E-state index in [1.54, 1.807) is 24.3 Å². The summed E-state index contributed by atoms with van der Waals surface area (Å²) in [5.74, 6) is 0.409. The first-order valence-electron chi connectivity index (χ1n) is 10.1. The van der Waals surface area contributed by atoms with E-state index in [1.165, 1.54) is 0 Å². The van der Waals surface area contributed by atoms with E-state index in [9.17, 15) is 10.2 Å². The van der Waals surface area contributed by atoms with E-state index in [4.69, 9.17) is 11.5 Å². The van der Waals surface area contributed by atoms with Crippen LogP contribution < -0.4 is 11.5 Å². The molecule has 0 saturated carbocycles. The summed E-state index contributed by atoms with van der Waals surface area (Å²) in [4.78, 5) is 0. The fourth-order valence-corrected chi connectivity index (χ4v) is 4.10. The summed E-state index contributed by atoms with van der Waals surface area (Å²) in [6.45, 7) is 4.29. The normalized spacial score (nSPS) is 11.4. The molecule has 4 rings (SSSR count). The van der Waals surface area contributed by atoms with Gasteiger partial charge < -0.3 is 21.7 Å². The van der Waals surface area contributed by atoms with E-state index in [1.807, 2.05) is 60.7 Å². The minimum absolute atomic E-state index is 0.204. The van der Waals surface area contributed by atoms with E-state index < -0.39 is 5.41 Å². The Morgan fingerprint density at radius 2 is 0.903 bits per heavy atom. The van der Waals surface area contributed by atoms with Crippen molar-refractivity contribution in [3.63, 3.8) is 0 Å². The van der Waals surface area contributed by atoms with Crippen LogP contribution in [0.2, 0.25) is 0 Å². The summed E-state index contributed by atoms with van der Waals surface area (Å²) in [7, 11) is 0. The lowest BCUT2D eigenvalue weighted by molar-refractivity contribution is 0.474. The van der Waals surface area contributed by atoms with Crippen LogP contribution in [0.4, 0.5) is 11.4 Å². The number of benzene rings is 4. The highest BCUT2D eigenvalue weighted by molar-refractivity contribution is 5.77. The third kappa shape index (κ3) is 3.92. The number of nitrogen functional groups attached to an aromatic ring is 2. The van der Waals surface area contributed by atoms with Gasteiger partial charge in [0.2, 0.25) is 0 Å². The summed E-state index contributed by atoms with van der Waals surface area (Å²) in [5, 5.41) is 20.4. The highest BCUT2D eigenvalue weighted by Gasteiger charge is 2.29. The van der Waals surface area contributed by atoms with Gasteiger partial charge in [0.15, 0.2) is 0 Å². The van der Waals surface area contributed by atoms with Gasteiger partial charge in [-0.05, 0) is 81.9 Å². The van der Waals surface area contributed by atoms with Gasteiger partial charge in [-0.2, -0.15) is 0 Å². The topological polar surface area (TPSA) is 92.5 Å². The Morgan fingerprint density at radius 3 is 1.26 bits per heavy atom. The number of hydrogen-bond donors (Lipinski definition) is 4. The van der Waals surface area contributed by atoms with Crippen molar-refractivity contribution >= 4 is 11.4 Å². The number of nitrogens with two attached hydrogens (primary N) is 2. The number of phenolic OH excluding ortho intramolecular Hbond substituents is 2. The van der Waals surface area contributed by atoms with E-state index >= 15 is 0 Å². The lowest BCUT2D eigenvalue weighted by atomic mass is 9.72. The molecule has 4 aromatic rings. The second kappa shape index (κ2) is 7.73. The highest BCUT2D eigenvalue weighted by Crippen LogP contribution is 2.44. The van der Waals surface area contributed by atoms with Crippen LogP contribution in [0.3, 0.4) is 0 Å². The SMILES string of the molecule is CC(C)(c1ccc(O)cc1-c1ccc(N)cc1)c1ccc(O)cc1-c1ccc(N)cc1. The Kier molecular flexibility index (Phi) is 5.07. The van der Waals surface area contributed by atoms with Crippen molar-refractivity contribution < 1.29 is 10.2 Å². The molecule has 0 aliphatic heterocycles. The number of anilines is 2. The molecule has 0 spiro atoms. The first-order chi connectivity index (χ1) is 14.8. The van der Waals surface area contributed by atoms with Crippen molar-refractivity contribution in [3.8, 4) is 33.8 Å². The quantitative estimate of drug-likeness (QED) is 0.314. The third-order valence-electron chi connectivity index (χ3n) is 5.80. The van der Waals surface area contributed by atoms with Crippen LogP contribution >= 0.6 is 0 Å². The second-order valence-corrected chi connectivity index (χ2v) is 8.33. The molecule has 4 nitrogen and oxygen atoms in total. The molecule has 156 valence electrons. The Morgan fingerprint density at radius 1 is 0.548 bits per heavy atom. The molecule has 4 heteroatoms. The molecule has 0 fully saturated rings. The van der Waals surface area contributed by atoms with Crippen molar-refractivity contribution in [2.45, 2.75) is 19.3 Å². The average molecular weight is 411 g/mol. The largest absolute Gasteiger partial charge is 0.508 e. The van der Waals surface area contributed by atoms with Gasteiger partial charge >= 0.3 is 0 Å². The van der Waals surface area contributed by atoms with Crippen LogP contribution in [0, 0.1) is 0 Å². The Labute approximate surface area is 182 Å². The maximum atomic E-state index is 10.2. The zero-order valence-corrected chi connectivity index (χ0v) is 17.6. The van der Waals surface area contributed by atoms with Crippen LogP contribution in [-0.2, 0) is 5.41 Å². The molecule has 0 aromatic heterocycles. The van der Waals surface area contributed by atoms with Crippen LogP contribution in [0.25, 0.3) is 22.3 Å². The van der Waals surface area contributed by atoms with Crippen molar-refractivity contribution in [2.24, 2.45) is 0 Å². The minimum Gasteiger partial charge on any atom is -0.508 e. The lowest BCUT2D eigenvalue weighted by Gasteiger charge is -2.31. The molecule has 0 aliphatic rings. The molecular formula is C27H26N2O2. The fourth-order valence-electron chi connectivity index (χ4n) is 4.10. The maximum absolute atomic E-state index is 10.2. The monoisotopic (exact) mass is 410 g/mol. The van der Waals surface area contributed by atoms with E-state index in [2.05, 4.69) is 13.8 Å². The Hall–Kier alpha value is -3.92. The first-order valence-corrected chi connectivity index (χ1v) is 10.1. The van der Waals surface area contributed by atoms with Crippen molar-refractivity contribution in [1.82, 2.24) is 0 Å². The molecule has 0 bridgehead atoms. The molecule has 0 amide bonds. The van der Waals surface area contributed by atoms with E-state index in [0.717, 1.165) is 33.4 Å².